The number of hydrogen-bond acceptors (Lipinski definition) is 5. The molecule has 3 rings (SSSR count). The first-order valence-electron chi connectivity index (χ1n) is 8.76. The Labute approximate surface area is 160 Å². The number of nitrogens with zero attached hydrogens (tertiary/aromatic N) is 1. The van der Waals surface area contributed by atoms with Crippen molar-refractivity contribution in [3.05, 3.63) is 70.8 Å². The fourth-order valence-electron chi connectivity index (χ4n) is 2.57. The van der Waals surface area contributed by atoms with E-state index >= 15 is 0 Å². The zero-order chi connectivity index (χ0) is 20.1. The van der Waals surface area contributed by atoms with E-state index in [1.165, 1.54) is 6.92 Å². The van der Waals surface area contributed by atoms with Crippen molar-refractivity contribution < 1.29 is 14.3 Å². The number of urea groups is 1. The number of carbonyl (C=O) groups excluding carboxylic acids is 2. The molecule has 0 spiro atoms. The van der Waals surface area contributed by atoms with Gasteiger partial charge >= 0.3 is 12.0 Å². The molecule has 2 atom stereocenters. The summed E-state index contributed by atoms with van der Waals surface area (Å²) in [4.78, 5) is 43.4. The predicted molar refractivity (Wildman–Crippen MR) is 105 cm³/mol. The van der Waals surface area contributed by atoms with Crippen LogP contribution in [0.1, 0.15) is 25.8 Å². The molecule has 2 aromatic carbocycles. The van der Waals surface area contributed by atoms with Gasteiger partial charge in [0.05, 0.1) is 10.9 Å². The SMILES string of the molecule is C[C@H](NC(=O)Nc1ccccc1)C(=O)O[C@H](C)c1nc2ccccc2c(=O)[nH]1. The zero-order valence-corrected chi connectivity index (χ0v) is 15.4. The summed E-state index contributed by atoms with van der Waals surface area (Å²) in [6.07, 6.45) is -0.786. The quantitative estimate of drug-likeness (QED) is 0.589. The van der Waals surface area contributed by atoms with Crippen molar-refractivity contribution in [1.29, 1.82) is 0 Å². The Morgan fingerprint density at radius 2 is 1.71 bits per heavy atom. The number of benzene rings is 2. The minimum absolute atomic E-state index is 0.234. The number of para-hydroxylation sites is 2. The maximum Gasteiger partial charge on any atom is 0.329 e. The monoisotopic (exact) mass is 380 g/mol. The second-order valence-electron chi connectivity index (χ2n) is 6.23. The van der Waals surface area contributed by atoms with Gasteiger partial charge < -0.3 is 20.4 Å². The van der Waals surface area contributed by atoms with Gasteiger partial charge in [-0.05, 0) is 38.1 Å². The van der Waals surface area contributed by atoms with Crippen LogP contribution >= 0.6 is 0 Å². The van der Waals surface area contributed by atoms with Crippen molar-refractivity contribution in [3.63, 3.8) is 0 Å². The van der Waals surface area contributed by atoms with Gasteiger partial charge in [0.25, 0.3) is 5.56 Å². The van der Waals surface area contributed by atoms with Crippen LogP contribution in [-0.2, 0) is 9.53 Å². The van der Waals surface area contributed by atoms with Crippen LogP contribution in [-0.4, -0.2) is 28.0 Å². The van der Waals surface area contributed by atoms with E-state index in [9.17, 15) is 14.4 Å². The Morgan fingerprint density at radius 3 is 2.46 bits per heavy atom. The molecule has 0 aliphatic heterocycles. The lowest BCUT2D eigenvalue weighted by Crippen LogP contribution is -2.42. The normalized spacial score (nSPS) is 12.8. The Hall–Kier alpha value is -3.68. The van der Waals surface area contributed by atoms with Gasteiger partial charge in [-0.1, -0.05) is 30.3 Å². The highest BCUT2D eigenvalue weighted by atomic mass is 16.5. The molecule has 0 unspecified atom stereocenters. The fraction of sp³-hybridized carbons (Fsp3) is 0.200. The summed E-state index contributed by atoms with van der Waals surface area (Å²) in [6.45, 7) is 3.11. The van der Waals surface area contributed by atoms with E-state index in [1.54, 1.807) is 55.5 Å². The van der Waals surface area contributed by atoms with Crippen LogP contribution in [0.25, 0.3) is 10.9 Å². The molecule has 0 saturated heterocycles. The van der Waals surface area contributed by atoms with Crippen molar-refractivity contribution in [1.82, 2.24) is 15.3 Å². The van der Waals surface area contributed by atoms with Crippen molar-refractivity contribution >= 4 is 28.6 Å². The van der Waals surface area contributed by atoms with Crippen LogP contribution in [0.15, 0.2) is 59.4 Å². The highest BCUT2D eigenvalue weighted by Gasteiger charge is 2.21. The van der Waals surface area contributed by atoms with Gasteiger partial charge in [0.15, 0.2) is 11.9 Å². The number of carbonyl (C=O) groups is 2. The molecule has 3 N–H and O–H groups in total. The largest absolute Gasteiger partial charge is 0.453 e. The minimum atomic E-state index is -0.890. The predicted octanol–water partition coefficient (Wildman–Crippen LogP) is 2.74. The number of nitrogens with one attached hydrogen (secondary N) is 3. The molecule has 0 fully saturated rings. The zero-order valence-electron chi connectivity index (χ0n) is 15.4. The second-order valence-corrected chi connectivity index (χ2v) is 6.23. The first kappa shape index (κ1) is 19.1. The second kappa shape index (κ2) is 8.34. The van der Waals surface area contributed by atoms with E-state index in [-0.39, 0.29) is 11.4 Å². The molecule has 3 aromatic rings. The topological polar surface area (TPSA) is 113 Å². The van der Waals surface area contributed by atoms with Crippen LogP contribution in [0, 0.1) is 0 Å². The van der Waals surface area contributed by atoms with E-state index in [2.05, 4.69) is 20.6 Å². The average molecular weight is 380 g/mol. The van der Waals surface area contributed by atoms with Crippen molar-refractivity contribution in [2.75, 3.05) is 5.32 Å². The molecule has 0 aliphatic rings. The number of amides is 2. The number of H-pyrrole nitrogens is 1. The van der Waals surface area contributed by atoms with Gasteiger partial charge in [-0.3, -0.25) is 4.79 Å². The first-order chi connectivity index (χ1) is 13.4. The van der Waals surface area contributed by atoms with Crippen LogP contribution in [0.4, 0.5) is 10.5 Å². The van der Waals surface area contributed by atoms with E-state index in [1.807, 2.05) is 6.07 Å². The van der Waals surface area contributed by atoms with Gasteiger partial charge in [0.2, 0.25) is 0 Å². The van der Waals surface area contributed by atoms with Crippen LogP contribution in [0.5, 0.6) is 0 Å². The summed E-state index contributed by atoms with van der Waals surface area (Å²) in [5, 5.41) is 5.59. The number of ether oxygens (including phenoxy) is 1. The fourth-order valence-corrected chi connectivity index (χ4v) is 2.57. The standard InChI is InChI=1S/C20H20N4O4/c1-12(21-20(27)22-14-8-4-3-5-9-14)19(26)28-13(2)17-23-16-11-7-6-10-15(16)18(25)24-17/h3-13H,1-2H3,(H2,21,22,27)(H,23,24,25)/t12-,13+/m0/s1. The maximum atomic E-state index is 12.3. The number of aromatic nitrogens is 2. The Bertz CT molecular complexity index is 1050. The molecule has 28 heavy (non-hydrogen) atoms. The number of rotatable bonds is 5. The van der Waals surface area contributed by atoms with Crippen molar-refractivity contribution in [2.45, 2.75) is 26.0 Å². The summed E-state index contributed by atoms with van der Waals surface area (Å²) < 4.78 is 5.34. The molecule has 8 nitrogen and oxygen atoms in total. The van der Waals surface area contributed by atoms with E-state index in [0.29, 0.717) is 16.6 Å². The summed E-state index contributed by atoms with van der Waals surface area (Å²) in [7, 11) is 0. The van der Waals surface area contributed by atoms with Crippen LogP contribution < -0.4 is 16.2 Å². The minimum Gasteiger partial charge on any atom is -0.453 e. The third kappa shape index (κ3) is 4.53. The molecular formula is C20H20N4O4. The molecular weight excluding hydrogens is 360 g/mol. The molecule has 0 radical (unpaired) electrons. The summed E-state index contributed by atoms with van der Waals surface area (Å²) in [6, 6.07) is 14.3. The lowest BCUT2D eigenvalue weighted by molar-refractivity contribution is -0.150. The summed E-state index contributed by atoms with van der Waals surface area (Å²) >= 11 is 0. The first-order valence-corrected chi connectivity index (χ1v) is 8.76. The van der Waals surface area contributed by atoms with Crippen LogP contribution in [0.3, 0.4) is 0 Å². The molecule has 0 bridgehead atoms. The lowest BCUT2D eigenvalue weighted by Gasteiger charge is -2.17. The highest BCUT2D eigenvalue weighted by molar-refractivity contribution is 5.92. The smallest absolute Gasteiger partial charge is 0.329 e. The Balaban J connectivity index is 1.62. The van der Waals surface area contributed by atoms with Gasteiger partial charge in [0.1, 0.15) is 6.04 Å². The maximum absolute atomic E-state index is 12.3. The summed E-state index contributed by atoms with van der Waals surface area (Å²) in [5.74, 6) is -0.412. The molecule has 0 saturated carbocycles. The lowest BCUT2D eigenvalue weighted by atomic mass is 10.2. The van der Waals surface area contributed by atoms with Gasteiger partial charge in [-0.2, -0.15) is 0 Å². The molecule has 1 aromatic heterocycles. The highest BCUT2D eigenvalue weighted by Crippen LogP contribution is 2.15. The number of fused-ring (bicyclic) bond motifs is 1. The number of esters is 1. The van der Waals surface area contributed by atoms with Gasteiger partial charge in [-0.15, -0.1) is 0 Å². The molecule has 8 heteroatoms. The Morgan fingerprint density at radius 1 is 1.04 bits per heavy atom. The third-order valence-corrected chi connectivity index (χ3v) is 4.04. The molecule has 2 amide bonds. The van der Waals surface area contributed by atoms with Gasteiger partial charge in [0, 0.05) is 5.69 Å². The Kier molecular flexibility index (Phi) is 5.69. The van der Waals surface area contributed by atoms with E-state index < -0.39 is 24.1 Å². The molecule has 0 aliphatic carbocycles. The average Bonchev–Trinajstić information content (AvgIpc) is 2.68. The van der Waals surface area contributed by atoms with E-state index in [0.717, 1.165) is 0 Å². The molecule has 144 valence electrons. The third-order valence-electron chi connectivity index (χ3n) is 4.04. The van der Waals surface area contributed by atoms with Gasteiger partial charge in [-0.25, -0.2) is 14.6 Å². The van der Waals surface area contributed by atoms with Crippen LogP contribution in [0.2, 0.25) is 0 Å². The summed E-state index contributed by atoms with van der Waals surface area (Å²) in [5.41, 5.74) is 0.807. The molecule has 1 heterocycles. The number of aromatic amines is 1. The van der Waals surface area contributed by atoms with E-state index in [4.69, 9.17) is 4.74 Å². The number of anilines is 1. The van der Waals surface area contributed by atoms with Crippen molar-refractivity contribution in [2.24, 2.45) is 0 Å². The van der Waals surface area contributed by atoms with Crippen molar-refractivity contribution in [3.8, 4) is 0 Å². The number of hydrogen-bond donors (Lipinski definition) is 3.